The Hall–Kier alpha value is -2.77. The third-order valence-electron chi connectivity index (χ3n) is 5.84. The van der Waals surface area contributed by atoms with E-state index in [0.717, 1.165) is 60.1 Å². The average molecular weight is 378 g/mol. The topological polar surface area (TPSA) is 75.9 Å². The van der Waals surface area contributed by atoms with Gasteiger partial charge >= 0.3 is 0 Å². The summed E-state index contributed by atoms with van der Waals surface area (Å²) in [6, 6.07) is 3.28. The summed E-state index contributed by atoms with van der Waals surface area (Å²) in [5.41, 5.74) is 1.93. The summed E-state index contributed by atoms with van der Waals surface area (Å²) in [6.07, 6.45) is 8.32. The molecule has 28 heavy (non-hydrogen) atoms. The maximum atomic E-state index is 4.75. The molecule has 0 N–H and O–H groups in total. The zero-order chi connectivity index (χ0) is 19.3. The highest BCUT2D eigenvalue weighted by molar-refractivity contribution is 5.87. The molecule has 0 amide bonds. The lowest BCUT2D eigenvalue weighted by atomic mass is 10.0. The number of fused-ring (bicyclic) bond motifs is 1. The number of hydrogen-bond donors (Lipinski definition) is 0. The maximum absolute atomic E-state index is 4.75. The van der Waals surface area contributed by atoms with Crippen molar-refractivity contribution in [1.82, 2.24) is 29.7 Å². The molecular formula is C20H26N8. The quantitative estimate of drug-likeness (QED) is 0.690. The zero-order valence-corrected chi connectivity index (χ0v) is 16.7. The average Bonchev–Trinajstić information content (AvgIpc) is 3.45. The molecule has 0 atom stereocenters. The van der Waals surface area contributed by atoms with Crippen molar-refractivity contribution in [3.8, 4) is 0 Å². The predicted molar refractivity (Wildman–Crippen MR) is 109 cm³/mol. The number of piperidine rings is 1. The Labute approximate surface area is 164 Å². The van der Waals surface area contributed by atoms with Crippen molar-refractivity contribution in [2.75, 3.05) is 22.9 Å². The molecule has 0 bridgehead atoms. The van der Waals surface area contributed by atoms with Crippen LogP contribution >= 0.6 is 0 Å². The van der Waals surface area contributed by atoms with Gasteiger partial charge in [-0.25, -0.2) is 19.9 Å². The predicted octanol–water partition coefficient (Wildman–Crippen LogP) is 2.41. The zero-order valence-electron chi connectivity index (χ0n) is 16.7. The van der Waals surface area contributed by atoms with Crippen molar-refractivity contribution >= 4 is 22.7 Å². The molecule has 1 aliphatic carbocycles. The van der Waals surface area contributed by atoms with Gasteiger partial charge in [0, 0.05) is 44.0 Å². The SMILES string of the molecule is Cc1cc(N(C2CC2)C2CCN(c3nc(C)nc4c3cnn4C)CC2)ncn1. The van der Waals surface area contributed by atoms with E-state index in [9.17, 15) is 0 Å². The van der Waals surface area contributed by atoms with E-state index in [1.54, 1.807) is 6.33 Å². The minimum Gasteiger partial charge on any atom is -0.356 e. The number of aromatic nitrogens is 6. The largest absolute Gasteiger partial charge is 0.356 e. The first-order valence-electron chi connectivity index (χ1n) is 10.1. The van der Waals surface area contributed by atoms with Gasteiger partial charge in [-0.1, -0.05) is 0 Å². The van der Waals surface area contributed by atoms with Crippen LogP contribution in [-0.4, -0.2) is 54.9 Å². The third-order valence-corrected chi connectivity index (χ3v) is 5.84. The van der Waals surface area contributed by atoms with Gasteiger partial charge in [0.25, 0.3) is 0 Å². The van der Waals surface area contributed by atoms with Gasteiger partial charge in [-0.2, -0.15) is 5.10 Å². The van der Waals surface area contributed by atoms with E-state index in [1.807, 2.05) is 31.8 Å². The number of aryl methyl sites for hydroxylation is 3. The van der Waals surface area contributed by atoms with E-state index in [2.05, 4.69) is 35.9 Å². The molecule has 4 heterocycles. The summed E-state index contributed by atoms with van der Waals surface area (Å²) >= 11 is 0. The minimum atomic E-state index is 0.519. The summed E-state index contributed by atoms with van der Waals surface area (Å²) in [4.78, 5) is 23.1. The summed E-state index contributed by atoms with van der Waals surface area (Å²) < 4.78 is 1.83. The molecular weight excluding hydrogens is 352 g/mol. The fourth-order valence-electron chi connectivity index (χ4n) is 4.32. The van der Waals surface area contributed by atoms with Crippen LogP contribution in [0, 0.1) is 13.8 Å². The molecule has 0 radical (unpaired) electrons. The molecule has 3 aromatic heterocycles. The van der Waals surface area contributed by atoms with Gasteiger partial charge in [0.2, 0.25) is 0 Å². The second-order valence-electron chi connectivity index (χ2n) is 7.97. The summed E-state index contributed by atoms with van der Waals surface area (Å²) in [7, 11) is 1.93. The van der Waals surface area contributed by atoms with Crippen molar-refractivity contribution < 1.29 is 0 Å². The lowest BCUT2D eigenvalue weighted by Crippen LogP contribution is -2.46. The molecule has 1 saturated carbocycles. The molecule has 0 aromatic carbocycles. The summed E-state index contributed by atoms with van der Waals surface area (Å²) in [5, 5.41) is 5.42. The maximum Gasteiger partial charge on any atom is 0.163 e. The Morgan fingerprint density at radius 1 is 1.00 bits per heavy atom. The van der Waals surface area contributed by atoms with Crippen LogP contribution in [0.1, 0.15) is 37.2 Å². The van der Waals surface area contributed by atoms with Crippen molar-refractivity contribution in [2.45, 2.75) is 51.6 Å². The first-order chi connectivity index (χ1) is 13.6. The lowest BCUT2D eigenvalue weighted by molar-refractivity contribution is 0.457. The van der Waals surface area contributed by atoms with E-state index in [1.165, 1.54) is 12.8 Å². The van der Waals surface area contributed by atoms with Crippen LogP contribution in [0.4, 0.5) is 11.6 Å². The van der Waals surface area contributed by atoms with Crippen LogP contribution in [0.3, 0.4) is 0 Å². The smallest absolute Gasteiger partial charge is 0.163 e. The highest BCUT2D eigenvalue weighted by atomic mass is 15.3. The van der Waals surface area contributed by atoms with Crippen LogP contribution in [0.5, 0.6) is 0 Å². The summed E-state index contributed by atoms with van der Waals surface area (Å²) in [6.45, 7) is 5.96. The number of hydrogen-bond acceptors (Lipinski definition) is 7. The fraction of sp³-hybridized carbons (Fsp3) is 0.550. The second kappa shape index (κ2) is 6.68. The highest BCUT2D eigenvalue weighted by Gasteiger charge is 2.37. The van der Waals surface area contributed by atoms with Crippen LogP contribution in [0.2, 0.25) is 0 Å². The van der Waals surface area contributed by atoms with Gasteiger partial charge in [0.05, 0.1) is 11.6 Å². The van der Waals surface area contributed by atoms with E-state index >= 15 is 0 Å². The van der Waals surface area contributed by atoms with Gasteiger partial charge < -0.3 is 9.80 Å². The van der Waals surface area contributed by atoms with Gasteiger partial charge in [-0.05, 0) is 39.5 Å². The van der Waals surface area contributed by atoms with Crippen LogP contribution in [-0.2, 0) is 7.05 Å². The monoisotopic (exact) mass is 378 g/mol. The number of anilines is 2. The Kier molecular flexibility index (Phi) is 4.14. The number of nitrogens with zero attached hydrogens (tertiary/aromatic N) is 8. The first-order valence-corrected chi connectivity index (χ1v) is 10.1. The van der Waals surface area contributed by atoms with Crippen LogP contribution in [0.15, 0.2) is 18.6 Å². The fourth-order valence-corrected chi connectivity index (χ4v) is 4.32. The standard InChI is InChI=1S/C20H26N8/c1-13-10-18(22-12-21-13)28(15-4-5-15)16-6-8-27(9-7-16)20-17-11-23-26(3)19(17)24-14(2)25-20/h10-12,15-16H,4-9H2,1-3H3. The molecule has 8 heteroatoms. The van der Waals surface area contributed by atoms with Crippen molar-refractivity contribution in [3.63, 3.8) is 0 Å². The van der Waals surface area contributed by atoms with Crippen LogP contribution < -0.4 is 9.80 Å². The number of rotatable bonds is 4. The molecule has 1 aliphatic heterocycles. The second-order valence-corrected chi connectivity index (χ2v) is 7.97. The van der Waals surface area contributed by atoms with Crippen LogP contribution in [0.25, 0.3) is 11.0 Å². The third kappa shape index (κ3) is 3.06. The molecule has 146 valence electrons. The van der Waals surface area contributed by atoms with Crippen molar-refractivity contribution in [3.05, 3.63) is 30.1 Å². The normalized spacial score (nSPS) is 18.0. The van der Waals surface area contributed by atoms with E-state index in [4.69, 9.17) is 4.98 Å². The van der Waals surface area contributed by atoms with E-state index in [-0.39, 0.29) is 0 Å². The Morgan fingerprint density at radius 3 is 2.46 bits per heavy atom. The molecule has 2 fully saturated rings. The Bertz CT molecular complexity index is 1000. The van der Waals surface area contributed by atoms with Gasteiger partial charge in [0.1, 0.15) is 23.8 Å². The van der Waals surface area contributed by atoms with E-state index < -0.39 is 0 Å². The molecule has 1 saturated heterocycles. The van der Waals surface area contributed by atoms with Gasteiger partial charge in [0.15, 0.2) is 5.65 Å². The Morgan fingerprint density at radius 2 is 1.75 bits per heavy atom. The van der Waals surface area contributed by atoms with Crippen molar-refractivity contribution in [2.24, 2.45) is 7.05 Å². The van der Waals surface area contributed by atoms with Crippen molar-refractivity contribution in [1.29, 1.82) is 0 Å². The van der Waals surface area contributed by atoms with Gasteiger partial charge in [-0.3, -0.25) is 4.68 Å². The molecule has 5 rings (SSSR count). The first kappa shape index (κ1) is 17.3. The molecule has 8 nitrogen and oxygen atoms in total. The highest BCUT2D eigenvalue weighted by Crippen LogP contribution is 2.36. The van der Waals surface area contributed by atoms with E-state index in [0.29, 0.717) is 12.1 Å². The molecule has 3 aromatic rings. The lowest BCUT2D eigenvalue weighted by Gasteiger charge is -2.40. The van der Waals surface area contributed by atoms with Gasteiger partial charge in [-0.15, -0.1) is 0 Å². The minimum absolute atomic E-state index is 0.519. The molecule has 0 spiro atoms. The Balaban J connectivity index is 1.38. The molecule has 0 unspecified atom stereocenters. The molecule has 2 aliphatic rings. The summed E-state index contributed by atoms with van der Waals surface area (Å²) in [5.74, 6) is 2.90.